The topological polar surface area (TPSA) is 60.8 Å². The Labute approximate surface area is 128 Å². The molecule has 0 radical (unpaired) electrons. The van der Waals surface area contributed by atoms with Gasteiger partial charge >= 0.3 is 5.97 Å². The quantitative estimate of drug-likeness (QED) is 0.805. The van der Waals surface area contributed by atoms with Crippen molar-refractivity contribution in [3.8, 4) is 5.75 Å². The summed E-state index contributed by atoms with van der Waals surface area (Å²) in [6, 6.07) is 5.62. The summed E-state index contributed by atoms with van der Waals surface area (Å²) in [5.41, 5.74) is 2.39. The van der Waals surface area contributed by atoms with Crippen LogP contribution in [0.25, 0.3) is 10.9 Å². The molecule has 0 spiro atoms. The van der Waals surface area contributed by atoms with Crippen molar-refractivity contribution in [2.24, 2.45) is 0 Å². The van der Waals surface area contributed by atoms with Gasteiger partial charge in [0.05, 0.1) is 14.2 Å². The number of nitrogens with zero attached hydrogens (tertiary/aromatic N) is 2. The molecule has 0 saturated carbocycles. The summed E-state index contributed by atoms with van der Waals surface area (Å²) in [7, 11) is 4.72. The molecule has 1 aliphatic rings. The molecule has 0 N–H and O–H groups in total. The first-order valence-corrected chi connectivity index (χ1v) is 7.08. The van der Waals surface area contributed by atoms with Gasteiger partial charge in [-0.1, -0.05) is 0 Å². The number of ether oxygens (including phenoxy) is 2. The Hall–Kier alpha value is -2.50. The summed E-state index contributed by atoms with van der Waals surface area (Å²) in [6.07, 6.45) is 0.759. The number of amides is 1. The van der Waals surface area contributed by atoms with Gasteiger partial charge in [0.15, 0.2) is 0 Å². The normalized spacial score (nSPS) is 14.1. The first-order chi connectivity index (χ1) is 10.6. The van der Waals surface area contributed by atoms with Gasteiger partial charge in [-0.15, -0.1) is 0 Å². The molecule has 1 aromatic heterocycles. The number of hydrogen-bond acceptors (Lipinski definition) is 4. The highest BCUT2D eigenvalue weighted by Crippen LogP contribution is 2.33. The van der Waals surface area contributed by atoms with Crippen molar-refractivity contribution in [3.63, 3.8) is 0 Å². The number of likely N-dealkylation sites (N-methyl/N-ethyl adjacent to an activating group) is 1. The van der Waals surface area contributed by atoms with Gasteiger partial charge in [-0.05, 0) is 30.2 Å². The van der Waals surface area contributed by atoms with Gasteiger partial charge in [0.25, 0.3) is 5.91 Å². The highest BCUT2D eigenvalue weighted by atomic mass is 16.5. The van der Waals surface area contributed by atoms with Crippen molar-refractivity contribution in [3.05, 3.63) is 29.5 Å². The molecule has 2 aromatic rings. The number of aromatic nitrogens is 1. The Kier molecular flexibility index (Phi) is 3.52. The summed E-state index contributed by atoms with van der Waals surface area (Å²) >= 11 is 0. The van der Waals surface area contributed by atoms with Crippen LogP contribution in [0, 0.1) is 0 Å². The minimum atomic E-state index is -0.378. The Balaban J connectivity index is 2.27. The standard InChI is InChI=1S/C16H18N2O4/c1-17-7-6-11-12-8-10(21-2)4-5-13(12)18(9-14(19)22-3)15(11)16(17)20/h4-5,8H,6-7,9H2,1-3H3. The van der Waals surface area contributed by atoms with Gasteiger partial charge < -0.3 is 18.9 Å². The molecule has 0 saturated heterocycles. The smallest absolute Gasteiger partial charge is 0.325 e. The third kappa shape index (κ3) is 2.11. The molecular formula is C16H18N2O4. The Morgan fingerprint density at radius 2 is 2.09 bits per heavy atom. The fourth-order valence-corrected chi connectivity index (χ4v) is 2.95. The van der Waals surface area contributed by atoms with Crippen molar-refractivity contribution in [2.45, 2.75) is 13.0 Å². The molecule has 0 aliphatic carbocycles. The van der Waals surface area contributed by atoms with Crippen molar-refractivity contribution in [1.29, 1.82) is 0 Å². The van der Waals surface area contributed by atoms with Crippen LogP contribution in [0.3, 0.4) is 0 Å². The lowest BCUT2D eigenvalue weighted by molar-refractivity contribution is -0.141. The van der Waals surface area contributed by atoms with E-state index in [0.29, 0.717) is 12.2 Å². The maximum atomic E-state index is 12.6. The zero-order valence-corrected chi connectivity index (χ0v) is 12.9. The zero-order valence-electron chi connectivity index (χ0n) is 12.9. The highest BCUT2D eigenvalue weighted by Gasteiger charge is 2.30. The summed E-state index contributed by atoms with van der Waals surface area (Å²) in [4.78, 5) is 26.0. The van der Waals surface area contributed by atoms with E-state index >= 15 is 0 Å². The summed E-state index contributed by atoms with van der Waals surface area (Å²) in [6.45, 7) is 0.689. The van der Waals surface area contributed by atoms with Crippen LogP contribution in [-0.2, 0) is 22.5 Å². The molecule has 1 aliphatic heterocycles. The fraction of sp³-hybridized carbons (Fsp3) is 0.375. The van der Waals surface area contributed by atoms with Gasteiger partial charge in [-0.2, -0.15) is 0 Å². The maximum absolute atomic E-state index is 12.6. The van der Waals surface area contributed by atoms with E-state index in [-0.39, 0.29) is 18.4 Å². The van der Waals surface area contributed by atoms with Crippen LogP contribution in [0.2, 0.25) is 0 Å². The number of hydrogen-bond donors (Lipinski definition) is 0. The lowest BCUT2D eigenvalue weighted by Gasteiger charge is -2.24. The van der Waals surface area contributed by atoms with E-state index < -0.39 is 0 Å². The SMILES string of the molecule is COC(=O)Cn1c2c(c3cc(OC)ccc31)CCN(C)C2=O. The predicted octanol–water partition coefficient (Wildman–Crippen LogP) is 1.45. The lowest BCUT2D eigenvalue weighted by atomic mass is 10.0. The molecule has 0 bridgehead atoms. The number of rotatable bonds is 3. The number of benzene rings is 1. The van der Waals surface area contributed by atoms with Crippen molar-refractivity contribution in [1.82, 2.24) is 9.47 Å². The monoisotopic (exact) mass is 302 g/mol. The van der Waals surface area contributed by atoms with Crippen LogP contribution in [0.15, 0.2) is 18.2 Å². The molecule has 0 unspecified atom stereocenters. The van der Waals surface area contributed by atoms with Gasteiger partial charge in [0, 0.05) is 24.5 Å². The second-order valence-corrected chi connectivity index (χ2v) is 5.35. The molecule has 116 valence electrons. The minimum Gasteiger partial charge on any atom is -0.497 e. The first kappa shape index (κ1) is 14.4. The third-order valence-electron chi connectivity index (χ3n) is 4.14. The number of fused-ring (bicyclic) bond motifs is 3. The average molecular weight is 302 g/mol. The van der Waals surface area contributed by atoms with E-state index in [4.69, 9.17) is 9.47 Å². The lowest BCUT2D eigenvalue weighted by Crippen LogP contribution is -2.36. The van der Waals surface area contributed by atoms with Crippen LogP contribution in [0.5, 0.6) is 5.75 Å². The van der Waals surface area contributed by atoms with Crippen LogP contribution < -0.4 is 4.74 Å². The van der Waals surface area contributed by atoms with Crippen LogP contribution in [0.1, 0.15) is 16.1 Å². The maximum Gasteiger partial charge on any atom is 0.325 e. The van der Waals surface area contributed by atoms with Crippen LogP contribution in [-0.4, -0.2) is 49.2 Å². The molecule has 6 nitrogen and oxygen atoms in total. The minimum absolute atomic E-state index is 0.0221. The van der Waals surface area contributed by atoms with Gasteiger partial charge in [-0.25, -0.2) is 0 Å². The van der Waals surface area contributed by atoms with Crippen molar-refractivity contribution < 1.29 is 19.1 Å². The van der Waals surface area contributed by atoms with Gasteiger partial charge in [-0.3, -0.25) is 9.59 Å². The second-order valence-electron chi connectivity index (χ2n) is 5.35. The molecule has 22 heavy (non-hydrogen) atoms. The number of esters is 1. The summed E-state index contributed by atoms with van der Waals surface area (Å²) in [5, 5.41) is 0.958. The van der Waals surface area contributed by atoms with Crippen LogP contribution in [0.4, 0.5) is 0 Å². The third-order valence-corrected chi connectivity index (χ3v) is 4.14. The van der Waals surface area contributed by atoms with Crippen molar-refractivity contribution >= 4 is 22.8 Å². The van der Waals surface area contributed by atoms with E-state index in [1.807, 2.05) is 18.2 Å². The molecule has 1 amide bonds. The Morgan fingerprint density at radius 1 is 1.32 bits per heavy atom. The first-order valence-electron chi connectivity index (χ1n) is 7.08. The molecule has 1 aromatic carbocycles. The van der Waals surface area contributed by atoms with E-state index in [0.717, 1.165) is 28.6 Å². The van der Waals surface area contributed by atoms with E-state index in [9.17, 15) is 9.59 Å². The van der Waals surface area contributed by atoms with Gasteiger partial charge in [0.1, 0.15) is 18.0 Å². The second kappa shape index (κ2) is 5.36. The molecule has 0 fully saturated rings. The zero-order chi connectivity index (χ0) is 15.9. The Morgan fingerprint density at radius 3 is 2.77 bits per heavy atom. The Bertz CT molecular complexity index is 763. The molecule has 6 heteroatoms. The van der Waals surface area contributed by atoms with E-state index in [2.05, 4.69) is 0 Å². The molecule has 2 heterocycles. The van der Waals surface area contributed by atoms with Crippen LogP contribution >= 0.6 is 0 Å². The number of carbonyl (C=O) groups excluding carboxylic acids is 2. The fourth-order valence-electron chi connectivity index (χ4n) is 2.95. The average Bonchev–Trinajstić information content (AvgIpc) is 2.84. The van der Waals surface area contributed by atoms with E-state index in [1.165, 1.54) is 7.11 Å². The highest BCUT2D eigenvalue weighted by molar-refractivity contribution is 6.03. The molecular weight excluding hydrogens is 284 g/mol. The summed E-state index contributed by atoms with van der Waals surface area (Å²) < 4.78 is 11.8. The summed E-state index contributed by atoms with van der Waals surface area (Å²) in [5.74, 6) is 0.286. The predicted molar refractivity (Wildman–Crippen MR) is 81.2 cm³/mol. The van der Waals surface area contributed by atoms with Crippen molar-refractivity contribution in [2.75, 3.05) is 27.8 Å². The largest absolute Gasteiger partial charge is 0.497 e. The molecule has 3 rings (SSSR count). The van der Waals surface area contributed by atoms with Gasteiger partial charge in [0.2, 0.25) is 0 Å². The number of carbonyl (C=O) groups is 2. The number of methoxy groups -OCH3 is 2. The van der Waals surface area contributed by atoms with E-state index in [1.54, 1.807) is 23.6 Å². The molecule has 0 atom stereocenters.